The fraction of sp³-hybridized carbons (Fsp3) is 0.250. The van der Waals surface area contributed by atoms with Crippen LogP contribution < -0.4 is 10.5 Å². The van der Waals surface area contributed by atoms with Crippen LogP contribution in [0.25, 0.3) is 0 Å². The Hall–Kier alpha value is -2.45. The van der Waals surface area contributed by atoms with Crippen molar-refractivity contribution in [3.63, 3.8) is 0 Å². The van der Waals surface area contributed by atoms with Gasteiger partial charge in [-0.05, 0) is 44.3 Å². The third-order valence-corrected chi connectivity index (χ3v) is 4.90. The Bertz CT molecular complexity index is 820. The van der Waals surface area contributed by atoms with Crippen LogP contribution in [0.2, 0.25) is 0 Å². The molecular weight excluding hydrogens is 328 g/mol. The molecule has 1 amide bonds. The van der Waals surface area contributed by atoms with E-state index in [1.807, 2.05) is 19.0 Å². The number of benzene rings is 1. The van der Waals surface area contributed by atoms with E-state index in [0.29, 0.717) is 24.2 Å². The number of amides is 1. The van der Waals surface area contributed by atoms with Gasteiger partial charge >= 0.3 is 0 Å². The van der Waals surface area contributed by atoms with Crippen LogP contribution in [0.4, 0.5) is 5.69 Å². The Morgan fingerprint density at radius 2 is 2.00 bits per heavy atom. The Morgan fingerprint density at radius 1 is 1.25 bits per heavy atom. The number of pyridine rings is 1. The second-order valence-corrected chi connectivity index (χ2v) is 7.18. The van der Waals surface area contributed by atoms with Crippen molar-refractivity contribution in [3.05, 3.63) is 53.9 Å². The summed E-state index contributed by atoms with van der Waals surface area (Å²) in [5.74, 6) is -0.784. The topological polar surface area (TPSA) is 105 Å². The van der Waals surface area contributed by atoms with E-state index in [0.717, 1.165) is 0 Å². The first kappa shape index (κ1) is 17.9. The maximum atomic E-state index is 12.8. The van der Waals surface area contributed by atoms with Gasteiger partial charge in [-0.3, -0.25) is 14.5 Å². The van der Waals surface area contributed by atoms with Gasteiger partial charge < -0.3 is 10.6 Å². The summed E-state index contributed by atoms with van der Waals surface area (Å²) in [7, 11) is -0.199. The van der Waals surface area contributed by atoms with Crippen LogP contribution in [-0.4, -0.2) is 44.8 Å². The highest BCUT2D eigenvalue weighted by molar-refractivity contribution is 7.92. The number of primary amides is 1. The van der Waals surface area contributed by atoms with Gasteiger partial charge in [0.05, 0.1) is 17.4 Å². The molecule has 0 unspecified atom stereocenters. The minimum absolute atomic E-state index is 0.0253. The average Bonchev–Trinajstić information content (AvgIpc) is 2.52. The first-order valence-electron chi connectivity index (χ1n) is 7.30. The van der Waals surface area contributed by atoms with Gasteiger partial charge in [-0.15, -0.1) is 0 Å². The molecule has 0 aliphatic carbocycles. The summed E-state index contributed by atoms with van der Waals surface area (Å²) in [5.41, 5.74) is 6.20. The van der Waals surface area contributed by atoms with Gasteiger partial charge in [0.2, 0.25) is 5.91 Å². The number of hydrogen-bond donors (Lipinski definition) is 2. The predicted molar refractivity (Wildman–Crippen MR) is 92.3 cm³/mol. The summed E-state index contributed by atoms with van der Waals surface area (Å²) in [6.45, 7) is 0.637. The number of hydrogen-bond acceptors (Lipinski definition) is 5. The maximum absolute atomic E-state index is 12.8. The zero-order chi connectivity index (χ0) is 17.7. The van der Waals surface area contributed by atoms with Crippen molar-refractivity contribution in [2.75, 3.05) is 25.4 Å². The number of sulfonamides is 1. The fourth-order valence-electron chi connectivity index (χ4n) is 2.27. The molecule has 0 aliphatic rings. The lowest BCUT2D eigenvalue weighted by Crippen LogP contribution is -2.24. The third kappa shape index (κ3) is 4.30. The van der Waals surface area contributed by atoms with Crippen LogP contribution in [-0.2, 0) is 16.4 Å². The molecule has 2 aromatic rings. The maximum Gasteiger partial charge on any atom is 0.263 e. The number of rotatable bonds is 7. The third-order valence-electron chi connectivity index (χ3n) is 3.37. The van der Waals surface area contributed by atoms with Gasteiger partial charge in [-0.25, -0.2) is 8.42 Å². The molecule has 8 heteroatoms. The summed E-state index contributed by atoms with van der Waals surface area (Å²) in [4.78, 5) is 17.4. The van der Waals surface area contributed by atoms with Crippen LogP contribution in [0.15, 0.2) is 47.6 Å². The van der Waals surface area contributed by atoms with Gasteiger partial charge in [0, 0.05) is 12.7 Å². The number of nitrogens with two attached hydrogens (primary N) is 1. The molecular formula is C16H20N4O3S. The molecule has 0 bridgehead atoms. The smallest absolute Gasteiger partial charge is 0.263 e. The second-order valence-electron chi connectivity index (χ2n) is 5.56. The van der Waals surface area contributed by atoms with Crippen molar-refractivity contribution in [2.24, 2.45) is 5.73 Å². The number of anilines is 1. The zero-order valence-corrected chi connectivity index (χ0v) is 14.4. The lowest BCUT2D eigenvalue weighted by atomic mass is 10.1. The second kappa shape index (κ2) is 7.41. The summed E-state index contributed by atoms with van der Waals surface area (Å²) < 4.78 is 28.1. The minimum atomic E-state index is -3.98. The molecule has 7 nitrogen and oxygen atoms in total. The lowest BCUT2D eigenvalue weighted by molar-refractivity contribution is 0.0997. The van der Waals surface area contributed by atoms with Crippen LogP contribution in [0.1, 0.15) is 15.9 Å². The van der Waals surface area contributed by atoms with E-state index in [2.05, 4.69) is 9.71 Å². The highest BCUT2D eigenvalue weighted by Crippen LogP contribution is 2.24. The van der Waals surface area contributed by atoms with Crippen molar-refractivity contribution in [1.29, 1.82) is 0 Å². The van der Waals surface area contributed by atoms with E-state index < -0.39 is 15.9 Å². The molecule has 128 valence electrons. The highest BCUT2D eigenvalue weighted by atomic mass is 32.2. The summed E-state index contributed by atoms with van der Waals surface area (Å²) >= 11 is 0. The molecule has 0 saturated carbocycles. The van der Waals surface area contributed by atoms with E-state index in [1.54, 1.807) is 24.3 Å². The monoisotopic (exact) mass is 348 g/mol. The molecule has 1 heterocycles. The van der Waals surface area contributed by atoms with Gasteiger partial charge in [0.25, 0.3) is 10.0 Å². The Kier molecular flexibility index (Phi) is 5.53. The Balaban J connectivity index is 2.50. The highest BCUT2D eigenvalue weighted by Gasteiger charge is 2.25. The SMILES string of the molecule is CN(C)CCc1cccc(C(N)=O)c1S(=O)(=O)Nc1cccnc1. The van der Waals surface area contributed by atoms with Crippen molar-refractivity contribution in [1.82, 2.24) is 9.88 Å². The van der Waals surface area contributed by atoms with Crippen LogP contribution in [0, 0.1) is 0 Å². The van der Waals surface area contributed by atoms with Gasteiger partial charge in [0.15, 0.2) is 0 Å². The standard InChI is InChI=1S/C16H20N4O3S/c1-20(2)10-8-12-5-3-7-14(16(17)21)15(12)24(22,23)19-13-6-4-9-18-11-13/h3-7,9,11,19H,8,10H2,1-2H3,(H2,17,21). The summed E-state index contributed by atoms with van der Waals surface area (Å²) in [6.07, 6.45) is 3.40. The number of carbonyl (C=O) groups excluding carboxylic acids is 1. The van der Waals surface area contributed by atoms with Crippen molar-refractivity contribution >= 4 is 21.6 Å². The lowest BCUT2D eigenvalue weighted by Gasteiger charge is -2.16. The number of likely N-dealkylation sites (N-methyl/N-ethyl adjacent to an activating group) is 1. The summed E-state index contributed by atoms with van der Waals surface area (Å²) in [6, 6.07) is 7.93. The molecule has 0 atom stereocenters. The van der Waals surface area contributed by atoms with Crippen molar-refractivity contribution in [3.8, 4) is 0 Å². The molecule has 1 aromatic carbocycles. The van der Waals surface area contributed by atoms with Crippen LogP contribution in [0.5, 0.6) is 0 Å². The van der Waals surface area contributed by atoms with E-state index in [1.165, 1.54) is 18.5 Å². The van der Waals surface area contributed by atoms with E-state index in [4.69, 9.17) is 5.73 Å². The normalized spacial score (nSPS) is 11.5. The average molecular weight is 348 g/mol. The molecule has 1 aromatic heterocycles. The Labute approximate surface area is 141 Å². The minimum Gasteiger partial charge on any atom is -0.366 e. The molecule has 0 saturated heterocycles. The quantitative estimate of drug-likeness (QED) is 0.779. The molecule has 0 aliphatic heterocycles. The predicted octanol–water partition coefficient (Wildman–Crippen LogP) is 1.09. The molecule has 0 radical (unpaired) electrons. The molecule has 3 N–H and O–H groups in total. The van der Waals surface area contributed by atoms with E-state index in [9.17, 15) is 13.2 Å². The fourth-order valence-corrected chi connectivity index (χ4v) is 3.77. The first-order valence-corrected chi connectivity index (χ1v) is 8.79. The van der Waals surface area contributed by atoms with Gasteiger partial charge in [0.1, 0.15) is 4.90 Å². The number of nitrogens with one attached hydrogen (secondary N) is 1. The number of carbonyl (C=O) groups is 1. The van der Waals surface area contributed by atoms with Crippen LogP contribution >= 0.6 is 0 Å². The van der Waals surface area contributed by atoms with E-state index >= 15 is 0 Å². The first-order chi connectivity index (χ1) is 11.3. The zero-order valence-electron chi connectivity index (χ0n) is 13.6. The number of nitrogens with zero attached hydrogens (tertiary/aromatic N) is 2. The van der Waals surface area contributed by atoms with Crippen LogP contribution in [0.3, 0.4) is 0 Å². The Morgan fingerprint density at radius 3 is 2.58 bits per heavy atom. The van der Waals surface area contributed by atoms with E-state index in [-0.39, 0.29) is 10.5 Å². The van der Waals surface area contributed by atoms with Crippen molar-refractivity contribution < 1.29 is 13.2 Å². The van der Waals surface area contributed by atoms with Gasteiger partial charge in [-0.2, -0.15) is 0 Å². The van der Waals surface area contributed by atoms with Crippen molar-refractivity contribution in [2.45, 2.75) is 11.3 Å². The molecule has 24 heavy (non-hydrogen) atoms. The summed E-state index contributed by atoms with van der Waals surface area (Å²) in [5, 5.41) is 0. The molecule has 2 rings (SSSR count). The van der Waals surface area contributed by atoms with Gasteiger partial charge in [-0.1, -0.05) is 12.1 Å². The number of aromatic nitrogens is 1. The largest absolute Gasteiger partial charge is 0.366 e. The molecule has 0 fully saturated rings. The molecule has 0 spiro atoms.